The molecule has 1 N–H and O–H groups in total. The molecule has 0 radical (unpaired) electrons. The van der Waals surface area contributed by atoms with Crippen LogP contribution in [0.2, 0.25) is 0 Å². The van der Waals surface area contributed by atoms with Crippen LogP contribution in [0.5, 0.6) is 0 Å². The second kappa shape index (κ2) is 6.33. The number of hydrogen-bond donors (Lipinski definition) is 1. The van der Waals surface area contributed by atoms with E-state index < -0.39 is 5.91 Å². The van der Waals surface area contributed by atoms with Crippen LogP contribution >= 0.6 is 11.3 Å². The SMILES string of the molecule is O=C(Nc1nc(-c2ccccc2)cs1)c1cc(=O)c2ccccc2o1. The zero-order valence-corrected chi connectivity index (χ0v) is 13.7. The molecule has 4 rings (SSSR count). The molecule has 6 heteroatoms. The summed E-state index contributed by atoms with van der Waals surface area (Å²) in [5.41, 5.74) is 1.87. The number of anilines is 1. The summed E-state index contributed by atoms with van der Waals surface area (Å²) in [5.74, 6) is -0.544. The number of amides is 1. The highest BCUT2D eigenvalue weighted by Gasteiger charge is 2.14. The van der Waals surface area contributed by atoms with Gasteiger partial charge >= 0.3 is 0 Å². The molecule has 5 nitrogen and oxygen atoms in total. The van der Waals surface area contributed by atoms with Gasteiger partial charge in [-0.1, -0.05) is 42.5 Å². The first-order valence-electron chi connectivity index (χ1n) is 7.56. The molecule has 0 spiro atoms. The summed E-state index contributed by atoms with van der Waals surface area (Å²) in [5, 5.41) is 5.43. The number of benzene rings is 2. The first-order valence-corrected chi connectivity index (χ1v) is 8.44. The van der Waals surface area contributed by atoms with Crippen LogP contribution in [0.1, 0.15) is 10.6 Å². The van der Waals surface area contributed by atoms with Crippen LogP contribution in [0, 0.1) is 0 Å². The number of aromatic nitrogens is 1. The van der Waals surface area contributed by atoms with Gasteiger partial charge in [-0.2, -0.15) is 0 Å². The fraction of sp³-hybridized carbons (Fsp3) is 0. The average Bonchev–Trinajstić information content (AvgIpc) is 3.11. The lowest BCUT2D eigenvalue weighted by Gasteiger charge is -2.02. The van der Waals surface area contributed by atoms with Crippen molar-refractivity contribution in [2.24, 2.45) is 0 Å². The number of thiazole rings is 1. The quantitative estimate of drug-likeness (QED) is 0.603. The Balaban J connectivity index is 1.61. The molecule has 1 amide bonds. The first-order chi connectivity index (χ1) is 12.2. The normalized spacial score (nSPS) is 10.7. The molecule has 0 aliphatic rings. The minimum atomic E-state index is -0.503. The van der Waals surface area contributed by atoms with Crippen LogP contribution in [0.25, 0.3) is 22.2 Å². The molecule has 0 unspecified atom stereocenters. The van der Waals surface area contributed by atoms with Crippen molar-refractivity contribution in [3.63, 3.8) is 0 Å². The second-order valence-electron chi connectivity index (χ2n) is 5.33. The Morgan fingerprint density at radius 2 is 1.80 bits per heavy atom. The predicted octanol–water partition coefficient (Wildman–Crippen LogP) is 4.17. The van der Waals surface area contributed by atoms with E-state index in [4.69, 9.17) is 4.42 Å². The molecule has 0 saturated carbocycles. The third kappa shape index (κ3) is 3.07. The van der Waals surface area contributed by atoms with Crippen LogP contribution < -0.4 is 10.7 Å². The van der Waals surface area contributed by atoms with E-state index in [2.05, 4.69) is 10.3 Å². The number of carbonyl (C=O) groups excluding carboxylic acids is 1. The third-order valence-electron chi connectivity index (χ3n) is 3.65. The van der Waals surface area contributed by atoms with Crippen LogP contribution in [-0.2, 0) is 0 Å². The first kappa shape index (κ1) is 15.3. The summed E-state index contributed by atoms with van der Waals surface area (Å²) >= 11 is 1.31. The summed E-state index contributed by atoms with van der Waals surface area (Å²) in [6.45, 7) is 0. The van der Waals surface area contributed by atoms with Crippen molar-refractivity contribution < 1.29 is 9.21 Å². The van der Waals surface area contributed by atoms with E-state index in [9.17, 15) is 9.59 Å². The summed E-state index contributed by atoms with van der Waals surface area (Å²) in [7, 11) is 0. The molecule has 122 valence electrons. The number of rotatable bonds is 3. The van der Waals surface area contributed by atoms with E-state index in [1.807, 2.05) is 35.7 Å². The highest BCUT2D eigenvalue weighted by atomic mass is 32.1. The molecule has 25 heavy (non-hydrogen) atoms. The molecular formula is C19H12N2O3S. The van der Waals surface area contributed by atoms with E-state index in [1.54, 1.807) is 24.3 Å². The molecule has 0 fully saturated rings. The lowest BCUT2D eigenvalue weighted by Crippen LogP contribution is -2.14. The Labute approximate surface area is 146 Å². The summed E-state index contributed by atoms with van der Waals surface area (Å²) in [6, 6.07) is 17.7. The Bertz CT molecular complexity index is 1120. The molecule has 0 atom stereocenters. The molecule has 0 aliphatic heterocycles. The zero-order chi connectivity index (χ0) is 17.2. The van der Waals surface area contributed by atoms with Crippen molar-refractivity contribution in [1.29, 1.82) is 0 Å². The molecule has 0 aliphatic carbocycles. The van der Waals surface area contributed by atoms with Gasteiger partial charge < -0.3 is 4.42 Å². The molecule has 2 aromatic carbocycles. The van der Waals surface area contributed by atoms with Crippen LogP contribution in [0.3, 0.4) is 0 Å². The minimum Gasteiger partial charge on any atom is -0.451 e. The van der Waals surface area contributed by atoms with Crippen molar-refractivity contribution in [1.82, 2.24) is 4.98 Å². The fourth-order valence-corrected chi connectivity index (χ4v) is 3.16. The van der Waals surface area contributed by atoms with E-state index in [0.29, 0.717) is 16.1 Å². The maximum atomic E-state index is 12.4. The molecule has 0 saturated heterocycles. The summed E-state index contributed by atoms with van der Waals surface area (Å²) in [6.07, 6.45) is 0. The Kier molecular flexibility index (Phi) is 3.87. The van der Waals surface area contributed by atoms with Gasteiger partial charge in [0.1, 0.15) is 5.58 Å². The van der Waals surface area contributed by atoms with Crippen molar-refractivity contribution >= 4 is 33.3 Å². The van der Waals surface area contributed by atoms with Gasteiger partial charge in [-0.15, -0.1) is 11.3 Å². The largest absolute Gasteiger partial charge is 0.451 e. The van der Waals surface area contributed by atoms with Gasteiger partial charge in [-0.05, 0) is 12.1 Å². The zero-order valence-electron chi connectivity index (χ0n) is 12.9. The predicted molar refractivity (Wildman–Crippen MR) is 98.0 cm³/mol. The van der Waals surface area contributed by atoms with Crippen LogP contribution in [0.4, 0.5) is 5.13 Å². The highest BCUT2D eigenvalue weighted by molar-refractivity contribution is 7.14. The van der Waals surface area contributed by atoms with Gasteiger partial charge in [0.05, 0.1) is 11.1 Å². The lowest BCUT2D eigenvalue weighted by molar-refractivity contribution is 0.0997. The fourth-order valence-electron chi connectivity index (χ4n) is 2.45. The average molecular weight is 348 g/mol. The molecule has 0 bridgehead atoms. The minimum absolute atomic E-state index is 0.0415. The number of nitrogens with zero attached hydrogens (tertiary/aromatic N) is 1. The van der Waals surface area contributed by atoms with E-state index in [0.717, 1.165) is 11.3 Å². The summed E-state index contributed by atoms with van der Waals surface area (Å²) < 4.78 is 5.53. The molecule has 4 aromatic rings. The maximum absolute atomic E-state index is 12.4. The van der Waals surface area contributed by atoms with Crippen molar-refractivity contribution in [3.8, 4) is 11.3 Å². The highest BCUT2D eigenvalue weighted by Crippen LogP contribution is 2.25. The Morgan fingerprint density at radius 1 is 1.04 bits per heavy atom. The van der Waals surface area contributed by atoms with Crippen LogP contribution in [0.15, 0.2) is 75.3 Å². The van der Waals surface area contributed by atoms with Crippen molar-refractivity contribution in [2.45, 2.75) is 0 Å². The number of nitrogens with one attached hydrogen (secondary N) is 1. The topological polar surface area (TPSA) is 72.2 Å². The van der Waals surface area contributed by atoms with E-state index >= 15 is 0 Å². The lowest BCUT2D eigenvalue weighted by atomic mass is 10.2. The number of para-hydroxylation sites is 1. The van der Waals surface area contributed by atoms with Crippen molar-refractivity contribution in [2.75, 3.05) is 5.32 Å². The molecular weight excluding hydrogens is 336 g/mol. The van der Waals surface area contributed by atoms with Gasteiger partial charge in [0.2, 0.25) is 0 Å². The Morgan fingerprint density at radius 3 is 2.64 bits per heavy atom. The smallest absolute Gasteiger partial charge is 0.293 e. The van der Waals surface area contributed by atoms with E-state index in [1.165, 1.54) is 17.4 Å². The van der Waals surface area contributed by atoms with Gasteiger partial charge in [-0.25, -0.2) is 4.98 Å². The van der Waals surface area contributed by atoms with Gasteiger partial charge in [0.25, 0.3) is 5.91 Å². The third-order valence-corrected chi connectivity index (χ3v) is 4.41. The number of fused-ring (bicyclic) bond motifs is 1. The van der Waals surface area contributed by atoms with Gasteiger partial charge in [0.15, 0.2) is 16.3 Å². The van der Waals surface area contributed by atoms with E-state index in [-0.39, 0.29) is 11.2 Å². The monoisotopic (exact) mass is 348 g/mol. The number of hydrogen-bond acceptors (Lipinski definition) is 5. The molecule has 2 heterocycles. The van der Waals surface area contributed by atoms with Gasteiger partial charge in [0, 0.05) is 17.0 Å². The second-order valence-corrected chi connectivity index (χ2v) is 6.19. The maximum Gasteiger partial charge on any atom is 0.293 e. The Hall–Kier alpha value is -3.25. The molecule has 2 aromatic heterocycles. The van der Waals surface area contributed by atoms with Crippen molar-refractivity contribution in [3.05, 3.63) is 82.0 Å². The van der Waals surface area contributed by atoms with Gasteiger partial charge in [-0.3, -0.25) is 14.9 Å². The van der Waals surface area contributed by atoms with Crippen LogP contribution in [-0.4, -0.2) is 10.9 Å². The standard InChI is InChI=1S/C19H12N2O3S/c22-15-10-17(24-16-9-5-4-8-13(15)16)18(23)21-19-20-14(11-25-19)12-6-2-1-3-7-12/h1-11H,(H,20,21,23). The summed E-state index contributed by atoms with van der Waals surface area (Å²) in [4.78, 5) is 28.9. The number of carbonyl (C=O) groups is 1.